The fourth-order valence-corrected chi connectivity index (χ4v) is 11.4. The summed E-state index contributed by atoms with van der Waals surface area (Å²) >= 11 is 6.69. The number of hydrogen-bond acceptors (Lipinski definition) is 5. The molecule has 7 aromatic carbocycles. The quantitative estimate of drug-likeness (QED) is 0.0548. The molecule has 11 heteroatoms. The minimum Gasteiger partial charge on any atom is -0.399 e. The topological polar surface area (TPSA) is 63.9 Å². The highest BCUT2D eigenvalue weighted by Gasteiger charge is 2.53. The Bertz CT molecular complexity index is 3340. The molecule has 0 amide bonds. The van der Waals surface area contributed by atoms with Crippen molar-refractivity contribution in [3.63, 3.8) is 0 Å². The molecule has 2 fully saturated rings. The van der Waals surface area contributed by atoms with Crippen molar-refractivity contribution < 1.29 is 23.4 Å². The maximum atomic E-state index is 12.0. The van der Waals surface area contributed by atoms with Crippen LogP contribution in [0.15, 0.2) is 155 Å². The predicted octanol–water partition coefficient (Wildman–Crippen LogP) is 17.2. The van der Waals surface area contributed by atoms with Gasteiger partial charge in [-0.3, -0.25) is 4.79 Å². The van der Waals surface area contributed by atoms with E-state index < -0.39 is 36.6 Å². The molecule has 0 unspecified atom stereocenters. The number of nitrogens with zero attached hydrogens (tertiary/aromatic N) is 2. The third-order valence-electron chi connectivity index (χ3n) is 17.0. The monoisotopic (exact) mass is 1170 g/mol. The molecular formula is C67H74B2Br2N2O5. The highest BCUT2D eigenvalue weighted by atomic mass is 79.9. The number of halogens is 2. The summed E-state index contributed by atoms with van der Waals surface area (Å²) in [5.41, 5.74) is 11.4. The van der Waals surface area contributed by atoms with Crippen LogP contribution < -0.4 is 10.9 Å². The molecule has 0 aliphatic carbocycles. The molecule has 0 N–H and O–H groups in total. The van der Waals surface area contributed by atoms with Crippen molar-refractivity contribution in [3.05, 3.63) is 177 Å². The lowest BCUT2D eigenvalue weighted by Crippen LogP contribution is -2.41. The molecular weight excluding hydrogens is 1090 g/mol. The Balaban J connectivity index is 0.000000368. The zero-order chi connectivity index (χ0) is 55.1. The van der Waals surface area contributed by atoms with Gasteiger partial charge < -0.3 is 27.8 Å². The van der Waals surface area contributed by atoms with Gasteiger partial charge in [0.25, 0.3) is 0 Å². The molecule has 9 aromatic rings. The Morgan fingerprint density at radius 3 is 1.10 bits per heavy atom. The number of benzene rings is 7. The summed E-state index contributed by atoms with van der Waals surface area (Å²) in [6.07, 6.45) is 12.3. The molecule has 11 rings (SSSR count). The lowest BCUT2D eigenvalue weighted by molar-refractivity contribution is 0.00578. The third-order valence-corrected chi connectivity index (χ3v) is 18.0. The summed E-state index contributed by atoms with van der Waals surface area (Å²) in [4.78, 5) is 12.0. The van der Waals surface area contributed by atoms with Gasteiger partial charge in [-0.15, -0.1) is 0 Å². The van der Waals surface area contributed by atoms with Crippen LogP contribution in [0.3, 0.4) is 0 Å². The van der Waals surface area contributed by atoms with Gasteiger partial charge in [-0.1, -0.05) is 133 Å². The number of aromatic nitrogens is 2. The molecule has 402 valence electrons. The largest absolute Gasteiger partial charge is 0.494 e. The van der Waals surface area contributed by atoms with Crippen LogP contribution in [0.1, 0.15) is 148 Å². The first-order valence-electron chi connectivity index (χ1n) is 28.3. The van der Waals surface area contributed by atoms with Gasteiger partial charge in [0.1, 0.15) is 0 Å². The Hall–Kier alpha value is -5.26. The van der Waals surface area contributed by atoms with E-state index >= 15 is 0 Å². The number of carbonyl (C=O) groups is 1. The molecule has 78 heavy (non-hydrogen) atoms. The van der Waals surface area contributed by atoms with Gasteiger partial charge in [-0.05, 0) is 200 Å². The normalized spacial score (nSPS) is 16.4. The summed E-state index contributed by atoms with van der Waals surface area (Å²) < 4.78 is 33.3. The summed E-state index contributed by atoms with van der Waals surface area (Å²) in [6, 6.07) is 51.7. The number of fused-ring (bicyclic) bond motifs is 6. The molecule has 2 aliphatic heterocycles. The zero-order valence-electron chi connectivity index (χ0n) is 47.3. The van der Waals surface area contributed by atoms with Gasteiger partial charge in [-0.25, -0.2) is 0 Å². The first-order valence-corrected chi connectivity index (χ1v) is 29.9. The van der Waals surface area contributed by atoms with Gasteiger partial charge in [0.05, 0.1) is 44.5 Å². The minimum atomic E-state index is -0.461. The van der Waals surface area contributed by atoms with Gasteiger partial charge in [-0.2, -0.15) is 0 Å². The van der Waals surface area contributed by atoms with E-state index in [9.17, 15) is 4.79 Å². The van der Waals surface area contributed by atoms with E-state index in [0.29, 0.717) is 11.1 Å². The van der Waals surface area contributed by atoms with Gasteiger partial charge >= 0.3 is 14.2 Å². The van der Waals surface area contributed by atoms with E-state index in [-0.39, 0.29) is 5.78 Å². The number of carbonyl (C=O) groups excluding carboxylic acids is 1. The summed E-state index contributed by atoms with van der Waals surface area (Å²) in [7, 11) is -0.921. The fraction of sp³-hybridized carbons (Fsp3) is 0.358. The molecule has 4 heterocycles. The number of ketones is 1. The fourth-order valence-electron chi connectivity index (χ4n) is 10.9. The van der Waals surface area contributed by atoms with Crippen molar-refractivity contribution in [1.82, 2.24) is 9.13 Å². The van der Waals surface area contributed by atoms with Crippen LogP contribution in [-0.4, -0.2) is 51.6 Å². The molecule has 0 bridgehead atoms. The Morgan fingerprint density at radius 2 is 0.756 bits per heavy atom. The van der Waals surface area contributed by atoms with E-state index in [2.05, 4.69) is 207 Å². The van der Waals surface area contributed by atoms with Crippen LogP contribution in [0.5, 0.6) is 0 Å². The lowest BCUT2D eigenvalue weighted by atomic mass is 9.78. The van der Waals surface area contributed by atoms with Crippen molar-refractivity contribution in [2.45, 2.75) is 156 Å². The van der Waals surface area contributed by atoms with Crippen LogP contribution in [0.25, 0.3) is 55.0 Å². The lowest BCUT2D eigenvalue weighted by Gasteiger charge is -2.32. The highest BCUT2D eigenvalue weighted by Crippen LogP contribution is 2.42. The molecule has 2 aliphatic rings. The van der Waals surface area contributed by atoms with Crippen LogP contribution in [0, 0.1) is 0 Å². The average Bonchev–Trinajstić information content (AvgIpc) is 4.19. The maximum Gasteiger partial charge on any atom is 0.494 e. The smallest absolute Gasteiger partial charge is 0.399 e. The standard InChI is InChI=1S/C54H66B2N2O4.C13H8Br2O/c1-11-13-15-17-19-37-21-27-41(28-22-37)57-47-31-25-39(55-59-51(3,4)52(5,6)60-55)33-43(47)45-35-46-44-34-40(56-61-53(7,8)54(9,10)62-56)26-32-48(44)58(50(46)36-49(45)57)42-29-23-38(24-30-42)20-18-16-14-12-2;14-11-5-1-9(2-6-11)13(16)10-3-7-12(15)8-4-10/h21-36H,11-20H2,1-10H3;1-8H. The predicted molar refractivity (Wildman–Crippen MR) is 334 cm³/mol. The van der Waals surface area contributed by atoms with Crippen LogP contribution in [0.4, 0.5) is 0 Å². The van der Waals surface area contributed by atoms with Crippen LogP contribution in [0.2, 0.25) is 0 Å². The Labute approximate surface area is 479 Å². The highest BCUT2D eigenvalue weighted by molar-refractivity contribution is 9.10. The second-order valence-electron chi connectivity index (χ2n) is 23.6. The van der Waals surface area contributed by atoms with Gasteiger partial charge in [0, 0.05) is 53.0 Å². The van der Waals surface area contributed by atoms with E-state index in [1.165, 1.54) is 84.0 Å². The van der Waals surface area contributed by atoms with E-state index in [0.717, 1.165) is 66.2 Å². The minimum absolute atomic E-state index is 0.0417. The molecule has 0 saturated carbocycles. The number of aryl methyl sites for hydroxylation is 2. The van der Waals surface area contributed by atoms with Gasteiger partial charge in [0.2, 0.25) is 0 Å². The van der Waals surface area contributed by atoms with E-state index in [4.69, 9.17) is 18.6 Å². The molecule has 2 saturated heterocycles. The molecule has 0 radical (unpaired) electrons. The van der Waals surface area contributed by atoms with Crippen LogP contribution in [-0.2, 0) is 31.5 Å². The van der Waals surface area contributed by atoms with Crippen LogP contribution >= 0.6 is 31.9 Å². The number of unbranched alkanes of at least 4 members (excludes halogenated alkanes) is 6. The van der Waals surface area contributed by atoms with E-state index in [1.54, 1.807) is 0 Å². The SMILES string of the molecule is CCCCCCc1ccc(-n2c3ccc(B4OC(C)(C)C(C)(C)O4)cc3c3cc4c5cc(B6OC(C)(C)C(C)(C)O6)ccc5n(-c5ccc(CCCCCC)cc5)c4cc32)cc1.O=C(c1ccc(Br)cc1)c1ccc(Br)cc1. The maximum absolute atomic E-state index is 12.0. The van der Waals surface area contributed by atoms with Gasteiger partial charge in [0.15, 0.2) is 5.78 Å². The zero-order valence-corrected chi connectivity index (χ0v) is 50.4. The summed E-state index contributed by atoms with van der Waals surface area (Å²) in [5, 5.41) is 4.73. The number of rotatable bonds is 16. The molecule has 0 spiro atoms. The van der Waals surface area contributed by atoms with Crippen molar-refractivity contribution >= 4 is 106 Å². The third kappa shape index (κ3) is 11.3. The molecule has 2 aromatic heterocycles. The molecule has 7 nitrogen and oxygen atoms in total. The number of hydrogen-bond donors (Lipinski definition) is 0. The Morgan fingerprint density at radius 1 is 0.410 bits per heavy atom. The van der Waals surface area contributed by atoms with Crippen molar-refractivity contribution in [1.29, 1.82) is 0 Å². The second-order valence-corrected chi connectivity index (χ2v) is 25.4. The molecule has 0 atom stereocenters. The van der Waals surface area contributed by atoms with Crippen molar-refractivity contribution in [2.24, 2.45) is 0 Å². The first-order chi connectivity index (χ1) is 37.3. The summed E-state index contributed by atoms with van der Waals surface area (Å²) in [6.45, 7) is 21.5. The first kappa shape index (κ1) is 56.0. The van der Waals surface area contributed by atoms with E-state index in [1.807, 2.05) is 48.5 Å². The average molecular weight is 1170 g/mol. The Kier molecular flexibility index (Phi) is 16.3. The second kappa shape index (κ2) is 22.7. The van der Waals surface area contributed by atoms with Crippen molar-refractivity contribution in [3.8, 4) is 11.4 Å². The summed E-state index contributed by atoms with van der Waals surface area (Å²) in [5.74, 6) is 0.0417. The van der Waals surface area contributed by atoms with Crippen molar-refractivity contribution in [2.75, 3.05) is 0 Å².